The first-order valence-corrected chi connectivity index (χ1v) is 10.7. The minimum absolute atomic E-state index is 0.159. The summed E-state index contributed by atoms with van der Waals surface area (Å²) < 4.78 is 27.8. The number of halogens is 2. The Morgan fingerprint density at radius 1 is 1.24 bits per heavy atom. The maximum atomic E-state index is 14.4. The van der Waals surface area contributed by atoms with Crippen molar-refractivity contribution >= 4 is 34.1 Å². The zero-order valence-corrected chi connectivity index (χ0v) is 18.5. The number of benzene rings is 2. The number of hydrogen-bond acceptors (Lipinski definition) is 5. The molecule has 0 saturated carbocycles. The van der Waals surface area contributed by atoms with Crippen LogP contribution in [0.15, 0.2) is 60.9 Å². The van der Waals surface area contributed by atoms with Gasteiger partial charge in [0, 0.05) is 35.4 Å². The van der Waals surface area contributed by atoms with Crippen LogP contribution in [0.3, 0.4) is 0 Å². The lowest BCUT2D eigenvalue weighted by molar-refractivity contribution is -0.130. The number of hydrogen-bond donors (Lipinski definition) is 0. The fourth-order valence-electron chi connectivity index (χ4n) is 3.89. The van der Waals surface area contributed by atoms with E-state index in [2.05, 4.69) is 10.1 Å². The number of rotatable bonds is 5. The molecule has 7 nitrogen and oxygen atoms in total. The van der Waals surface area contributed by atoms with Crippen molar-refractivity contribution in [2.75, 3.05) is 24.7 Å². The van der Waals surface area contributed by atoms with Crippen molar-refractivity contribution in [3.63, 3.8) is 0 Å². The number of carbonyl (C=O) groups is 1. The predicted octanol–water partition coefficient (Wildman–Crippen LogP) is 4.24. The molecule has 0 aliphatic carbocycles. The summed E-state index contributed by atoms with van der Waals surface area (Å²) in [5, 5.41) is 5.67. The molecule has 9 heteroatoms. The Hall–Kier alpha value is -3.49. The third kappa shape index (κ3) is 4.27. The van der Waals surface area contributed by atoms with Gasteiger partial charge in [-0.25, -0.2) is 4.39 Å². The highest BCUT2D eigenvalue weighted by molar-refractivity contribution is 6.30. The van der Waals surface area contributed by atoms with E-state index in [1.807, 2.05) is 43.6 Å². The molecule has 2 aromatic heterocycles. The Balaban J connectivity index is 1.36. The fraction of sp³-hybridized carbons (Fsp3) is 0.208. The average molecular weight is 467 g/mol. The van der Waals surface area contributed by atoms with Crippen LogP contribution in [-0.2, 0) is 16.6 Å². The Morgan fingerprint density at radius 2 is 2.12 bits per heavy atom. The summed E-state index contributed by atoms with van der Waals surface area (Å²) in [5.41, 5.74) is 2.67. The van der Waals surface area contributed by atoms with Crippen LogP contribution in [0.4, 0.5) is 10.1 Å². The van der Waals surface area contributed by atoms with Gasteiger partial charge in [0.05, 0.1) is 17.9 Å². The Kier molecular flexibility index (Phi) is 5.70. The molecule has 33 heavy (non-hydrogen) atoms. The van der Waals surface area contributed by atoms with Crippen LogP contribution in [0.1, 0.15) is 0 Å². The Bertz CT molecular complexity index is 1340. The maximum Gasteiger partial charge on any atom is 0.253 e. The minimum Gasteiger partial charge on any atom is -0.489 e. The molecule has 1 aliphatic rings. The van der Waals surface area contributed by atoms with Crippen molar-refractivity contribution in [2.24, 2.45) is 7.05 Å². The summed E-state index contributed by atoms with van der Waals surface area (Å²) in [4.78, 5) is 18.2. The summed E-state index contributed by atoms with van der Waals surface area (Å²) in [5.74, 6) is -0.285. The van der Waals surface area contributed by atoms with E-state index in [9.17, 15) is 9.18 Å². The maximum absolute atomic E-state index is 14.4. The zero-order chi connectivity index (χ0) is 22.9. The minimum atomic E-state index is -0.558. The molecule has 1 saturated heterocycles. The number of aryl methyl sites for hydroxylation is 1. The van der Waals surface area contributed by atoms with Crippen molar-refractivity contribution in [2.45, 2.75) is 6.10 Å². The van der Waals surface area contributed by atoms with Gasteiger partial charge in [0.1, 0.15) is 36.4 Å². The second-order valence-electron chi connectivity index (χ2n) is 7.73. The molecule has 0 radical (unpaired) electrons. The van der Waals surface area contributed by atoms with E-state index < -0.39 is 11.9 Å². The predicted molar refractivity (Wildman–Crippen MR) is 123 cm³/mol. The molecule has 1 fully saturated rings. The summed E-state index contributed by atoms with van der Waals surface area (Å²) in [6.07, 6.45) is 3.16. The standard InChI is InChI=1S/C24H20ClFN4O3/c1-29-10-8-20(28-29)17-5-7-22(24-18(17)3-2-9-27-24)33-13-16-12-30(23(31)14-32-16)21-6-4-15(25)11-19(21)26/h2-11,16H,12-14H2,1H3. The van der Waals surface area contributed by atoms with Gasteiger partial charge >= 0.3 is 0 Å². The lowest BCUT2D eigenvalue weighted by Crippen LogP contribution is -2.49. The lowest BCUT2D eigenvalue weighted by atomic mass is 10.1. The van der Waals surface area contributed by atoms with Gasteiger partial charge in [-0.05, 0) is 42.5 Å². The number of pyridine rings is 1. The number of anilines is 1. The van der Waals surface area contributed by atoms with E-state index >= 15 is 0 Å². The monoisotopic (exact) mass is 466 g/mol. The van der Waals surface area contributed by atoms with Crippen LogP contribution in [0.2, 0.25) is 5.02 Å². The van der Waals surface area contributed by atoms with E-state index in [-0.39, 0.29) is 36.4 Å². The highest BCUT2D eigenvalue weighted by atomic mass is 35.5. The van der Waals surface area contributed by atoms with Crippen LogP contribution >= 0.6 is 11.6 Å². The molecule has 2 aromatic carbocycles. The summed E-state index contributed by atoms with van der Waals surface area (Å²) in [6, 6.07) is 13.8. The molecule has 0 N–H and O–H groups in total. The van der Waals surface area contributed by atoms with Gasteiger partial charge in [-0.1, -0.05) is 17.7 Å². The molecular formula is C24H20ClFN4O3. The molecule has 1 unspecified atom stereocenters. The molecule has 1 atom stereocenters. The van der Waals surface area contributed by atoms with Crippen LogP contribution in [-0.4, -0.2) is 46.5 Å². The van der Waals surface area contributed by atoms with Gasteiger partial charge in [-0.3, -0.25) is 14.5 Å². The van der Waals surface area contributed by atoms with E-state index in [0.29, 0.717) is 11.3 Å². The fourth-order valence-corrected chi connectivity index (χ4v) is 4.05. The number of morpholine rings is 1. The first-order valence-electron chi connectivity index (χ1n) is 10.4. The summed E-state index contributed by atoms with van der Waals surface area (Å²) in [7, 11) is 1.87. The van der Waals surface area contributed by atoms with Gasteiger partial charge in [0.15, 0.2) is 0 Å². The topological polar surface area (TPSA) is 69.5 Å². The smallest absolute Gasteiger partial charge is 0.253 e. The van der Waals surface area contributed by atoms with E-state index in [0.717, 1.165) is 16.6 Å². The van der Waals surface area contributed by atoms with Crippen molar-refractivity contribution in [1.29, 1.82) is 0 Å². The SMILES string of the molecule is Cn1ccc(-c2ccc(OCC3CN(c4ccc(Cl)cc4F)C(=O)CO3)c3ncccc23)n1. The van der Waals surface area contributed by atoms with Crippen molar-refractivity contribution in [1.82, 2.24) is 14.8 Å². The Morgan fingerprint density at radius 3 is 2.91 bits per heavy atom. The van der Waals surface area contributed by atoms with Crippen molar-refractivity contribution in [3.8, 4) is 17.0 Å². The van der Waals surface area contributed by atoms with Gasteiger partial charge < -0.3 is 14.4 Å². The first kappa shape index (κ1) is 21.4. The van der Waals surface area contributed by atoms with E-state index in [4.69, 9.17) is 21.1 Å². The highest BCUT2D eigenvalue weighted by Crippen LogP contribution is 2.33. The first-order chi connectivity index (χ1) is 16.0. The average Bonchev–Trinajstić information content (AvgIpc) is 3.24. The second kappa shape index (κ2) is 8.80. The molecule has 4 aromatic rings. The molecule has 1 aliphatic heterocycles. The molecule has 0 spiro atoms. The second-order valence-corrected chi connectivity index (χ2v) is 8.17. The molecular weight excluding hydrogens is 447 g/mol. The molecule has 0 bridgehead atoms. The summed E-state index contributed by atoms with van der Waals surface area (Å²) in [6.45, 7) is 0.177. The third-order valence-electron chi connectivity index (χ3n) is 5.48. The molecule has 1 amide bonds. The van der Waals surface area contributed by atoms with Crippen LogP contribution in [0.25, 0.3) is 22.2 Å². The Labute approximate surface area is 194 Å². The summed E-state index contributed by atoms with van der Waals surface area (Å²) >= 11 is 5.84. The van der Waals surface area contributed by atoms with Crippen molar-refractivity contribution < 1.29 is 18.7 Å². The molecule has 3 heterocycles. The quantitative estimate of drug-likeness (QED) is 0.440. The number of nitrogens with zero attached hydrogens (tertiary/aromatic N) is 4. The highest BCUT2D eigenvalue weighted by Gasteiger charge is 2.30. The van der Waals surface area contributed by atoms with Gasteiger partial charge in [0.2, 0.25) is 0 Å². The normalized spacial score (nSPS) is 16.4. The number of fused-ring (bicyclic) bond motifs is 1. The van der Waals surface area contributed by atoms with Gasteiger partial charge in [-0.15, -0.1) is 0 Å². The van der Waals surface area contributed by atoms with Crippen LogP contribution in [0.5, 0.6) is 5.75 Å². The van der Waals surface area contributed by atoms with Crippen LogP contribution < -0.4 is 9.64 Å². The number of aromatic nitrogens is 3. The lowest BCUT2D eigenvalue weighted by Gasteiger charge is -2.32. The number of carbonyl (C=O) groups excluding carboxylic acids is 1. The van der Waals surface area contributed by atoms with Crippen molar-refractivity contribution in [3.05, 3.63) is 71.8 Å². The van der Waals surface area contributed by atoms with Gasteiger partial charge in [0.25, 0.3) is 5.91 Å². The van der Waals surface area contributed by atoms with Crippen LogP contribution in [0, 0.1) is 5.82 Å². The van der Waals surface area contributed by atoms with E-state index in [1.165, 1.54) is 17.0 Å². The largest absolute Gasteiger partial charge is 0.489 e. The van der Waals surface area contributed by atoms with E-state index in [1.54, 1.807) is 16.9 Å². The third-order valence-corrected chi connectivity index (χ3v) is 5.71. The molecule has 168 valence electrons. The molecule has 5 rings (SSSR count). The zero-order valence-electron chi connectivity index (χ0n) is 17.7. The number of ether oxygens (including phenoxy) is 2. The number of amides is 1. The van der Waals surface area contributed by atoms with Gasteiger partial charge in [-0.2, -0.15) is 5.10 Å².